The van der Waals surface area contributed by atoms with Gasteiger partial charge < -0.3 is 15.2 Å². The van der Waals surface area contributed by atoms with Gasteiger partial charge in [-0.25, -0.2) is 0 Å². The van der Waals surface area contributed by atoms with Crippen LogP contribution in [0.4, 0.5) is 0 Å². The maximum absolute atomic E-state index is 12.1. The van der Waals surface area contributed by atoms with Crippen LogP contribution in [0.2, 0.25) is 0 Å². The fourth-order valence-electron chi connectivity index (χ4n) is 2.04. The highest BCUT2D eigenvalue weighted by atomic mass is 16.5. The molecule has 128 valence electrons. The molecule has 0 radical (unpaired) electrons. The molecule has 0 aliphatic heterocycles. The largest absolute Gasteiger partial charge is 0.494 e. The predicted octanol–water partition coefficient (Wildman–Crippen LogP) is 2.88. The first-order valence-corrected chi connectivity index (χ1v) is 8.03. The summed E-state index contributed by atoms with van der Waals surface area (Å²) in [7, 11) is 0. The van der Waals surface area contributed by atoms with E-state index in [1.165, 1.54) is 0 Å². The van der Waals surface area contributed by atoms with Crippen LogP contribution in [0.5, 0.6) is 5.75 Å². The number of hydrogen-bond donors (Lipinski definition) is 2. The van der Waals surface area contributed by atoms with Gasteiger partial charge in [0.1, 0.15) is 5.75 Å². The van der Waals surface area contributed by atoms with Crippen molar-refractivity contribution >= 4 is 11.9 Å². The van der Waals surface area contributed by atoms with Gasteiger partial charge in [0.15, 0.2) is 0 Å². The summed E-state index contributed by atoms with van der Waals surface area (Å²) >= 11 is 0. The van der Waals surface area contributed by atoms with Crippen LogP contribution in [0.25, 0.3) is 0 Å². The van der Waals surface area contributed by atoms with Crippen molar-refractivity contribution in [2.75, 3.05) is 13.2 Å². The van der Waals surface area contributed by atoms with Crippen molar-refractivity contribution in [2.24, 2.45) is 11.3 Å². The highest BCUT2D eigenvalue weighted by Gasteiger charge is 2.27. The molecule has 23 heavy (non-hydrogen) atoms. The van der Waals surface area contributed by atoms with E-state index in [0.29, 0.717) is 19.4 Å². The molecular formula is C18H27NO4. The molecule has 0 aliphatic rings. The molecule has 0 saturated heterocycles. The summed E-state index contributed by atoms with van der Waals surface area (Å²) in [4.78, 5) is 23.5. The zero-order chi connectivity index (χ0) is 17.5. The van der Waals surface area contributed by atoms with Crippen molar-refractivity contribution < 1.29 is 19.4 Å². The van der Waals surface area contributed by atoms with Crippen molar-refractivity contribution in [3.8, 4) is 5.75 Å². The lowest BCUT2D eigenvalue weighted by Gasteiger charge is -2.23. The van der Waals surface area contributed by atoms with Crippen LogP contribution < -0.4 is 10.1 Å². The van der Waals surface area contributed by atoms with Gasteiger partial charge in [0.25, 0.3) is 0 Å². The van der Waals surface area contributed by atoms with Crippen LogP contribution in [0.1, 0.15) is 39.7 Å². The van der Waals surface area contributed by atoms with Crippen molar-refractivity contribution in [1.29, 1.82) is 0 Å². The van der Waals surface area contributed by atoms with Gasteiger partial charge in [-0.2, -0.15) is 0 Å². The highest BCUT2D eigenvalue weighted by Crippen LogP contribution is 2.20. The fraction of sp³-hybridized carbons (Fsp3) is 0.556. The number of aliphatic carboxylic acids is 1. The standard InChI is InChI=1S/C18H27NO4/c1-5-18(3,4)17(22)19-12-14(16(20)21)11-13-7-9-15(10-8-13)23-6-2/h7-10,14H,5-6,11-12H2,1-4H3,(H,19,22)(H,20,21). The van der Waals surface area contributed by atoms with Gasteiger partial charge in [-0.15, -0.1) is 0 Å². The molecule has 1 aromatic rings. The summed E-state index contributed by atoms with van der Waals surface area (Å²) in [5.41, 5.74) is 0.423. The van der Waals surface area contributed by atoms with Gasteiger partial charge in [-0.1, -0.05) is 32.9 Å². The molecule has 1 unspecified atom stereocenters. The first-order valence-electron chi connectivity index (χ1n) is 8.03. The quantitative estimate of drug-likeness (QED) is 0.733. The average molecular weight is 321 g/mol. The number of benzene rings is 1. The molecule has 1 aromatic carbocycles. The summed E-state index contributed by atoms with van der Waals surface area (Å²) in [5.74, 6) is -0.905. The third kappa shape index (κ3) is 5.93. The first kappa shape index (κ1) is 19.0. The van der Waals surface area contributed by atoms with Gasteiger partial charge >= 0.3 is 5.97 Å². The van der Waals surface area contributed by atoms with E-state index in [4.69, 9.17) is 4.74 Å². The van der Waals surface area contributed by atoms with Gasteiger partial charge in [0, 0.05) is 12.0 Å². The minimum Gasteiger partial charge on any atom is -0.494 e. The zero-order valence-electron chi connectivity index (χ0n) is 14.4. The Bertz CT molecular complexity index is 522. The van der Waals surface area contributed by atoms with E-state index in [-0.39, 0.29) is 12.5 Å². The lowest BCUT2D eigenvalue weighted by atomic mass is 9.89. The van der Waals surface area contributed by atoms with Crippen LogP contribution in [-0.2, 0) is 16.0 Å². The van der Waals surface area contributed by atoms with Crippen molar-refractivity contribution in [2.45, 2.75) is 40.5 Å². The number of carbonyl (C=O) groups excluding carboxylic acids is 1. The Morgan fingerprint density at radius 3 is 2.30 bits per heavy atom. The zero-order valence-corrected chi connectivity index (χ0v) is 14.4. The van der Waals surface area contributed by atoms with Crippen LogP contribution in [-0.4, -0.2) is 30.1 Å². The van der Waals surface area contributed by atoms with Gasteiger partial charge in [-0.05, 0) is 37.5 Å². The average Bonchev–Trinajstić information content (AvgIpc) is 2.52. The van der Waals surface area contributed by atoms with E-state index in [1.807, 2.05) is 52.0 Å². The Labute approximate surface area is 138 Å². The minimum absolute atomic E-state index is 0.113. The lowest BCUT2D eigenvalue weighted by Crippen LogP contribution is -2.41. The van der Waals surface area contributed by atoms with Crippen molar-refractivity contribution in [1.82, 2.24) is 5.32 Å². The van der Waals surface area contributed by atoms with E-state index in [2.05, 4.69) is 5.32 Å². The molecule has 0 fully saturated rings. The molecule has 1 amide bonds. The smallest absolute Gasteiger partial charge is 0.308 e. The summed E-state index contributed by atoms with van der Waals surface area (Å²) in [5, 5.41) is 12.1. The summed E-state index contributed by atoms with van der Waals surface area (Å²) in [6, 6.07) is 7.38. The molecule has 0 aliphatic carbocycles. The number of nitrogens with one attached hydrogen (secondary N) is 1. The SMILES string of the molecule is CCOc1ccc(CC(CNC(=O)C(C)(C)CC)C(=O)O)cc1. The van der Waals surface area contributed by atoms with Crippen LogP contribution in [0.15, 0.2) is 24.3 Å². The van der Waals surface area contributed by atoms with E-state index in [9.17, 15) is 14.7 Å². The molecule has 1 atom stereocenters. The highest BCUT2D eigenvalue weighted by molar-refractivity contribution is 5.82. The molecule has 5 nitrogen and oxygen atoms in total. The van der Waals surface area contributed by atoms with Crippen LogP contribution in [0.3, 0.4) is 0 Å². The second-order valence-corrected chi connectivity index (χ2v) is 6.26. The van der Waals surface area contributed by atoms with E-state index >= 15 is 0 Å². The molecule has 0 bridgehead atoms. The molecule has 1 rings (SSSR count). The maximum atomic E-state index is 12.1. The van der Waals surface area contributed by atoms with E-state index in [0.717, 1.165) is 11.3 Å². The molecule has 0 aromatic heterocycles. The van der Waals surface area contributed by atoms with Gasteiger partial charge in [0.2, 0.25) is 5.91 Å². The molecule has 5 heteroatoms. The molecule has 0 heterocycles. The number of carbonyl (C=O) groups is 2. The number of hydrogen-bond acceptors (Lipinski definition) is 3. The lowest BCUT2D eigenvalue weighted by molar-refractivity contribution is -0.141. The fourth-order valence-corrected chi connectivity index (χ4v) is 2.04. The number of ether oxygens (including phenoxy) is 1. The second-order valence-electron chi connectivity index (χ2n) is 6.26. The predicted molar refractivity (Wildman–Crippen MR) is 89.5 cm³/mol. The Hall–Kier alpha value is -2.04. The Kier molecular flexibility index (Phi) is 7.07. The summed E-state index contributed by atoms with van der Waals surface area (Å²) in [6.07, 6.45) is 1.07. The van der Waals surface area contributed by atoms with Gasteiger partial charge in [0.05, 0.1) is 12.5 Å². The second kappa shape index (κ2) is 8.56. The minimum atomic E-state index is -0.909. The molecule has 0 spiro atoms. The number of rotatable bonds is 9. The van der Waals surface area contributed by atoms with Crippen LogP contribution >= 0.6 is 0 Å². The number of amides is 1. The Balaban J connectivity index is 2.65. The normalized spacial score (nSPS) is 12.5. The monoisotopic (exact) mass is 321 g/mol. The topological polar surface area (TPSA) is 75.6 Å². The van der Waals surface area contributed by atoms with Crippen molar-refractivity contribution in [3.63, 3.8) is 0 Å². The maximum Gasteiger partial charge on any atom is 0.308 e. The number of carboxylic acids is 1. The third-order valence-electron chi connectivity index (χ3n) is 4.07. The van der Waals surface area contributed by atoms with Crippen molar-refractivity contribution in [3.05, 3.63) is 29.8 Å². The summed E-state index contributed by atoms with van der Waals surface area (Å²) in [6.45, 7) is 8.28. The van der Waals surface area contributed by atoms with E-state index < -0.39 is 17.3 Å². The van der Waals surface area contributed by atoms with Crippen LogP contribution in [0, 0.1) is 11.3 Å². The Morgan fingerprint density at radius 1 is 1.22 bits per heavy atom. The van der Waals surface area contributed by atoms with E-state index in [1.54, 1.807) is 0 Å². The number of carboxylic acid groups (broad SMARTS) is 1. The molecular weight excluding hydrogens is 294 g/mol. The summed E-state index contributed by atoms with van der Waals surface area (Å²) < 4.78 is 5.37. The molecule has 2 N–H and O–H groups in total. The first-order chi connectivity index (χ1) is 10.8. The Morgan fingerprint density at radius 2 is 1.83 bits per heavy atom. The van der Waals surface area contributed by atoms with Gasteiger partial charge in [-0.3, -0.25) is 9.59 Å². The molecule has 0 saturated carbocycles. The third-order valence-corrected chi connectivity index (χ3v) is 4.07.